The van der Waals surface area contributed by atoms with Crippen molar-refractivity contribution in [1.29, 1.82) is 0 Å². The van der Waals surface area contributed by atoms with Gasteiger partial charge in [-0.05, 0) is 18.4 Å². The summed E-state index contributed by atoms with van der Waals surface area (Å²) in [5, 5.41) is 13.7. The second kappa shape index (κ2) is 5.25. The lowest BCUT2D eigenvalue weighted by molar-refractivity contribution is -0.384. The number of benzene rings is 1. The van der Waals surface area contributed by atoms with E-state index in [0.717, 1.165) is 12.8 Å². The third-order valence-corrected chi connectivity index (χ3v) is 3.77. The van der Waals surface area contributed by atoms with Gasteiger partial charge in [0.2, 0.25) is 11.8 Å². The molecule has 1 saturated heterocycles. The van der Waals surface area contributed by atoms with Crippen LogP contribution < -0.4 is 5.32 Å². The average Bonchev–Trinajstić information content (AvgIpc) is 3.24. The Labute approximate surface area is 121 Å². The second-order valence-electron chi connectivity index (χ2n) is 5.40. The number of likely N-dealkylation sites (tertiary alicyclic amines) is 1. The summed E-state index contributed by atoms with van der Waals surface area (Å²) in [6.07, 6.45) is 1.97. The smallest absolute Gasteiger partial charge is 0.269 e. The Bertz CT molecular complexity index is 612. The van der Waals surface area contributed by atoms with Crippen LogP contribution in [0.25, 0.3) is 0 Å². The average molecular weight is 289 g/mol. The van der Waals surface area contributed by atoms with E-state index >= 15 is 0 Å². The van der Waals surface area contributed by atoms with Crippen LogP contribution in [0.1, 0.15) is 24.8 Å². The van der Waals surface area contributed by atoms with Gasteiger partial charge in [0.25, 0.3) is 5.69 Å². The number of carbonyl (C=O) groups is 2. The summed E-state index contributed by atoms with van der Waals surface area (Å²) >= 11 is 0. The number of rotatable bonds is 5. The summed E-state index contributed by atoms with van der Waals surface area (Å²) in [7, 11) is 0. The van der Waals surface area contributed by atoms with Crippen molar-refractivity contribution in [3.8, 4) is 0 Å². The van der Waals surface area contributed by atoms with E-state index in [2.05, 4.69) is 5.32 Å². The Morgan fingerprint density at radius 3 is 2.76 bits per heavy atom. The molecule has 1 heterocycles. The minimum absolute atomic E-state index is 0.0164. The van der Waals surface area contributed by atoms with E-state index in [1.807, 2.05) is 0 Å². The molecule has 3 rings (SSSR count). The monoisotopic (exact) mass is 289 g/mol. The van der Waals surface area contributed by atoms with E-state index in [9.17, 15) is 19.7 Å². The van der Waals surface area contributed by atoms with Gasteiger partial charge < -0.3 is 5.32 Å². The molecule has 7 heteroatoms. The Balaban J connectivity index is 1.63. The lowest BCUT2D eigenvalue weighted by Gasteiger charge is -2.14. The number of nitrogens with one attached hydrogen (secondary N) is 1. The fourth-order valence-electron chi connectivity index (χ4n) is 2.55. The molecule has 0 aromatic heterocycles. The normalized spacial score (nSPS) is 21.9. The van der Waals surface area contributed by atoms with Crippen LogP contribution in [0.3, 0.4) is 0 Å². The Morgan fingerprint density at radius 2 is 2.10 bits per heavy atom. The molecule has 0 spiro atoms. The third kappa shape index (κ3) is 2.78. The molecule has 2 amide bonds. The minimum atomic E-state index is -0.516. The predicted molar refractivity (Wildman–Crippen MR) is 73.2 cm³/mol. The molecule has 1 aliphatic heterocycles. The Kier molecular flexibility index (Phi) is 3.42. The van der Waals surface area contributed by atoms with Gasteiger partial charge in [0.05, 0.1) is 17.4 Å². The number of amides is 2. The molecule has 1 atom stereocenters. The zero-order valence-corrected chi connectivity index (χ0v) is 11.3. The maximum Gasteiger partial charge on any atom is 0.269 e. The van der Waals surface area contributed by atoms with E-state index in [-0.39, 0.29) is 30.0 Å². The summed E-state index contributed by atoms with van der Waals surface area (Å²) < 4.78 is 0. The number of nitrogens with zero attached hydrogens (tertiary/aromatic N) is 2. The molecule has 1 saturated carbocycles. The van der Waals surface area contributed by atoms with Crippen molar-refractivity contribution < 1.29 is 14.5 Å². The number of carbonyl (C=O) groups excluding carboxylic acids is 2. The van der Waals surface area contributed by atoms with E-state index in [4.69, 9.17) is 0 Å². The quantitative estimate of drug-likeness (QED) is 0.495. The van der Waals surface area contributed by atoms with Crippen molar-refractivity contribution in [1.82, 2.24) is 10.2 Å². The molecule has 7 nitrogen and oxygen atoms in total. The number of nitro groups is 1. The fraction of sp³-hybridized carbons (Fsp3) is 0.429. The molecular formula is C14H15N3O4. The van der Waals surface area contributed by atoms with Crippen LogP contribution >= 0.6 is 0 Å². The highest BCUT2D eigenvalue weighted by atomic mass is 16.6. The van der Waals surface area contributed by atoms with Crippen LogP contribution in [0.15, 0.2) is 24.3 Å². The van der Waals surface area contributed by atoms with Gasteiger partial charge in [-0.25, -0.2) is 0 Å². The van der Waals surface area contributed by atoms with Crippen LogP contribution in [-0.4, -0.2) is 33.7 Å². The maximum absolute atomic E-state index is 12.1. The Morgan fingerprint density at radius 1 is 1.33 bits per heavy atom. The van der Waals surface area contributed by atoms with Crippen LogP contribution in [0, 0.1) is 10.1 Å². The van der Waals surface area contributed by atoms with E-state index in [1.54, 1.807) is 12.1 Å². The molecule has 110 valence electrons. The fourth-order valence-corrected chi connectivity index (χ4v) is 2.55. The number of hydrogen-bond donors (Lipinski definition) is 1. The van der Waals surface area contributed by atoms with E-state index in [1.165, 1.54) is 17.0 Å². The Hall–Kier alpha value is -2.28. The summed E-state index contributed by atoms with van der Waals surface area (Å²) in [6, 6.07) is 5.81. The second-order valence-corrected chi connectivity index (χ2v) is 5.40. The highest BCUT2D eigenvalue weighted by Gasteiger charge is 2.45. The molecule has 1 N–H and O–H groups in total. The third-order valence-electron chi connectivity index (χ3n) is 3.77. The van der Waals surface area contributed by atoms with Gasteiger partial charge in [0.15, 0.2) is 0 Å². The molecule has 0 radical (unpaired) electrons. The minimum Gasteiger partial charge on any atom is -0.301 e. The van der Waals surface area contributed by atoms with E-state index in [0.29, 0.717) is 12.1 Å². The summed E-state index contributed by atoms with van der Waals surface area (Å²) in [5.74, 6) is -0.299. The molecule has 0 bridgehead atoms. The first-order valence-corrected chi connectivity index (χ1v) is 6.89. The SMILES string of the molecule is O=C1CC(NCc2cccc([N+](=O)[O-])c2)C(=O)N1C1CC1. The largest absolute Gasteiger partial charge is 0.301 e. The van der Waals surface area contributed by atoms with Crippen molar-refractivity contribution in [2.24, 2.45) is 0 Å². The maximum atomic E-state index is 12.1. The van der Waals surface area contributed by atoms with Crippen LogP contribution in [0.5, 0.6) is 0 Å². The number of nitro benzene ring substituents is 1. The van der Waals surface area contributed by atoms with Gasteiger partial charge in [-0.3, -0.25) is 24.6 Å². The zero-order chi connectivity index (χ0) is 15.0. The molecule has 1 aromatic carbocycles. The summed E-state index contributed by atoms with van der Waals surface area (Å²) in [6.45, 7) is 0.323. The predicted octanol–water partition coefficient (Wildman–Crippen LogP) is 0.974. The lowest BCUT2D eigenvalue weighted by atomic mass is 10.1. The van der Waals surface area contributed by atoms with Crippen molar-refractivity contribution in [3.05, 3.63) is 39.9 Å². The van der Waals surface area contributed by atoms with Gasteiger partial charge in [-0.15, -0.1) is 0 Å². The first-order chi connectivity index (χ1) is 10.1. The lowest BCUT2D eigenvalue weighted by Crippen LogP contribution is -2.39. The van der Waals surface area contributed by atoms with Crippen LogP contribution in [-0.2, 0) is 16.1 Å². The van der Waals surface area contributed by atoms with Gasteiger partial charge in [0, 0.05) is 24.7 Å². The number of imide groups is 1. The molecule has 21 heavy (non-hydrogen) atoms. The zero-order valence-electron chi connectivity index (χ0n) is 11.3. The highest BCUT2D eigenvalue weighted by molar-refractivity contribution is 6.06. The topological polar surface area (TPSA) is 92.5 Å². The highest BCUT2D eigenvalue weighted by Crippen LogP contribution is 2.31. The number of hydrogen-bond acceptors (Lipinski definition) is 5. The van der Waals surface area contributed by atoms with Crippen molar-refractivity contribution >= 4 is 17.5 Å². The van der Waals surface area contributed by atoms with E-state index < -0.39 is 11.0 Å². The van der Waals surface area contributed by atoms with Gasteiger partial charge in [0.1, 0.15) is 0 Å². The molecule has 2 aliphatic rings. The molecular weight excluding hydrogens is 274 g/mol. The van der Waals surface area contributed by atoms with Crippen LogP contribution in [0.4, 0.5) is 5.69 Å². The summed E-state index contributed by atoms with van der Waals surface area (Å²) in [5.41, 5.74) is 0.733. The van der Waals surface area contributed by atoms with Crippen LogP contribution in [0.2, 0.25) is 0 Å². The molecule has 1 aliphatic carbocycles. The van der Waals surface area contributed by atoms with Crippen molar-refractivity contribution in [3.63, 3.8) is 0 Å². The van der Waals surface area contributed by atoms with Gasteiger partial charge in [-0.1, -0.05) is 12.1 Å². The van der Waals surface area contributed by atoms with Gasteiger partial charge in [-0.2, -0.15) is 0 Å². The van der Waals surface area contributed by atoms with Crippen molar-refractivity contribution in [2.75, 3.05) is 0 Å². The molecule has 1 aromatic rings. The van der Waals surface area contributed by atoms with Gasteiger partial charge >= 0.3 is 0 Å². The van der Waals surface area contributed by atoms with Crippen molar-refractivity contribution in [2.45, 2.75) is 37.9 Å². The molecule has 1 unspecified atom stereocenters. The first kappa shape index (κ1) is 13.7. The standard InChI is InChI=1S/C14H15N3O4/c18-13-7-12(14(19)16(13)10-4-5-10)15-8-9-2-1-3-11(6-9)17(20)21/h1-3,6,10,12,15H,4-5,7-8H2. The first-order valence-electron chi connectivity index (χ1n) is 6.89. The summed E-state index contributed by atoms with van der Waals surface area (Å²) in [4.78, 5) is 35.6. The number of non-ortho nitro benzene ring substituents is 1. The molecule has 2 fully saturated rings.